The zero-order valence-corrected chi connectivity index (χ0v) is 15.0. The van der Waals surface area contributed by atoms with Crippen molar-refractivity contribution in [2.24, 2.45) is 0 Å². The molecule has 2 aliphatic rings. The summed E-state index contributed by atoms with van der Waals surface area (Å²) in [6.45, 7) is 12.4. The van der Waals surface area contributed by atoms with Crippen LogP contribution >= 0.6 is 0 Å². The number of hydrogen-bond donors (Lipinski definition) is 1. The molecule has 2 saturated heterocycles. The van der Waals surface area contributed by atoms with Gasteiger partial charge >= 0.3 is 0 Å². The van der Waals surface area contributed by atoms with E-state index < -0.39 is 0 Å². The van der Waals surface area contributed by atoms with E-state index in [0.717, 1.165) is 64.3 Å². The first kappa shape index (κ1) is 17.2. The third-order valence-corrected chi connectivity index (χ3v) is 5.15. The SMILES string of the molecule is CC(C)N1CCN(c2ccc(C(=O)N3CCCNCC3)cc2)CC1. The minimum absolute atomic E-state index is 0.162. The fourth-order valence-corrected chi connectivity index (χ4v) is 3.54. The molecule has 132 valence electrons. The molecule has 24 heavy (non-hydrogen) atoms. The number of hydrogen-bond acceptors (Lipinski definition) is 4. The third-order valence-electron chi connectivity index (χ3n) is 5.15. The molecule has 0 spiro atoms. The smallest absolute Gasteiger partial charge is 0.253 e. The Hall–Kier alpha value is -1.59. The van der Waals surface area contributed by atoms with Gasteiger partial charge in [0.2, 0.25) is 0 Å². The van der Waals surface area contributed by atoms with Crippen molar-refractivity contribution in [3.8, 4) is 0 Å². The van der Waals surface area contributed by atoms with E-state index in [1.165, 1.54) is 5.69 Å². The Morgan fingerprint density at radius 1 is 0.958 bits per heavy atom. The molecular weight excluding hydrogens is 300 g/mol. The summed E-state index contributed by atoms with van der Waals surface area (Å²) in [6, 6.07) is 8.81. The highest BCUT2D eigenvalue weighted by Crippen LogP contribution is 2.19. The van der Waals surface area contributed by atoms with Gasteiger partial charge in [-0.2, -0.15) is 0 Å². The molecule has 0 aliphatic carbocycles. The lowest BCUT2D eigenvalue weighted by Gasteiger charge is -2.38. The minimum Gasteiger partial charge on any atom is -0.369 e. The molecule has 0 atom stereocenters. The van der Waals surface area contributed by atoms with Gasteiger partial charge in [-0.25, -0.2) is 0 Å². The van der Waals surface area contributed by atoms with E-state index in [1.807, 2.05) is 17.0 Å². The molecule has 0 aromatic heterocycles. The van der Waals surface area contributed by atoms with Crippen LogP contribution in [0.2, 0.25) is 0 Å². The summed E-state index contributed by atoms with van der Waals surface area (Å²) in [7, 11) is 0. The topological polar surface area (TPSA) is 38.8 Å². The fourth-order valence-electron chi connectivity index (χ4n) is 3.54. The number of benzene rings is 1. The quantitative estimate of drug-likeness (QED) is 0.915. The summed E-state index contributed by atoms with van der Waals surface area (Å²) < 4.78 is 0. The number of piperazine rings is 1. The van der Waals surface area contributed by atoms with Crippen LogP contribution in [0.3, 0.4) is 0 Å². The minimum atomic E-state index is 0.162. The lowest BCUT2D eigenvalue weighted by molar-refractivity contribution is 0.0766. The van der Waals surface area contributed by atoms with Crippen molar-refractivity contribution < 1.29 is 4.79 Å². The van der Waals surface area contributed by atoms with Gasteiger partial charge in [0.25, 0.3) is 5.91 Å². The van der Waals surface area contributed by atoms with Crippen molar-refractivity contribution in [3.05, 3.63) is 29.8 Å². The van der Waals surface area contributed by atoms with Crippen LogP contribution in [-0.2, 0) is 0 Å². The van der Waals surface area contributed by atoms with Crippen LogP contribution in [-0.4, -0.2) is 74.1 Å². The molecule has 5 heteroatoms. The van der Waals surface area contributed by atoms with Crippen molar-refractivity contribution in [2.45, 2.75) is 26.3 Å². The second kappa shape index (κ2) is 7.99. The number of rotatable bonds is 3. The Morgan fingerprint density at radius 2 is 1.67 bits per heavy atom. The summed E-state index contributed by atoms with van der Waals surface area (Å²) in [5, 5.41) is 3.34. The standard InChI is InChI=1S/C19H30N4O/c1-16(2)21-12-14-22(15-13-21)18-6-4-17(5-7-18)19(24)23-10-3-8-20-9-11-23/h4-7,16,20H,3,8-15H2,1-2H3. The van der Waals surface area contributed by atoms with Crippen LogP contribution in [0.5, 0.6) is 0 Å². The van der Waals surface area contributed by atoms with Gasteiger partial charge in [-0.05, 0) is 51.1 Å². The van der Waals surface area contributed by atoms with Crippen molar-refractivity contribution in [2.75, 3.05) is 57.3 Å². The molecule has 1 N–H and O–H groups in total. The molecule has 0 radical (unpaired) electrons. The molecule has 1 amide bonds. The summed E-state index contributed by atoms with van der Waals surface area (Å²) in [5.74, 6) is 0.162. The first-order chi connectivity index (χ1) is 11.6. The highest BCUT2D eigenvalue weighted by Gasteiger charge is 2.20. The van der Waals surface area contributed by atoms with E-state index in [4.69, 9.17) is 0 Å². The van der Waals surface area contributed by atoms with E-state index in [1.54, 1.807) is 0 Å². The molecular formula is C19H30N4O. The lowest BCUT2D eigenvalue weighted by Crippen LogP contribution is -2.48. The Bertz CT molecular complexity index is 527. The predicted octanol–water partition coefficient (Wildman–Crippen LogP) is 1.65. The summed E-state index contributed by atoms with van der Waals surface area (Å²) in [6.07, 6.45) is 1.03. The molecule has 0 bridgehead atoms. The average Bonchev–Trinajstić information content (AvgIpc) is 2.91. The van der Waals surface area contributed by atoms with Crippen LogP contribution in [0.1, 0.15) is 30.6 Å². The fraction of sp³-hybridized carbons (Fsp3) is 0.632. The van der Waals surface area contributed by atoms with Gasteiger partial charge in [-0.15, -0.1) is 0 Å². The van der Waals surface area contributed by atoms with Crippen LogP contribution in [0, 0.1) is 0 Å². The van der Waals surface area contributed by atoms with Gasteiger partial charge in [0.15, 0.2) is 0 Å². The maximum absolute atomic E-state index is 12.6. The summed E-state index contributed by atoms with van der Waals surface area (Å²) in [5.41, 5.74) is 2.04. The lowest BCUT2D eigenvalue weighted by atomic mass is 10.1. The van der Waals surface area contributed by atoms with Crippen molar-refractivity contribution in [3.63, 3.8) is 0 Å². The van der Waals surface area contributed by atoms with Gasteiger partial charge in [0.05, 0.1) is 0 Å². The molecule has 2 heterocycles. The van der Waals surface area contributed by atoms with Gasteiger partial charge < -0.3 is 15.1 Å². The van der Waals surface area contributed by atoms with E-state index in [0.29, 0.717) is 6.04 Å². The van der Waals surface area contributed by atoms with E-state index in [9.17, 15) is 4.79 Å². The number of amides is 1. The number of carbonyl (C=O) groups excluding carboxylic acids is 1. The highest BCUT2D eigenvalue weighted by molar-refractivity contribution is 5.94. The van der Waals surface area contributed by atoms with Crippen molar-refractivity contribution in [1.82, 2.24) is 15.1 Å². The Kier molecular flexibility index (Phi) is 5.74. The Labute approximate surface area is 145 Å². The number of nitrogens with one attached hydrogen (secondary N) is 1. The van der Waals surface area contributed by atoms with Crippen LogP contribution in [0.4, 0.5) is 5.69 Å². The summed E-state index contributed by atoms with van der Waals surface area (Å²) >= 11 is 0. The van der Waals surface area contributed by atoms with Crippen LogP contribution < -0.4 is 10.2 Å². The van der Waals surface area contributed by atoms with Gasteiger partial charge in [-0.1, -0.05) is 0 Å². The molecule has 0 saturated carbocycles. The normalized spacial score (nSPS) is 20.3. The molecule has 1 aromatic rings. The molecule has 5 nitrogen and oxygen atoms in total. The molecule has 2 aliphatic heterocycles. The molecule has 0 unspecified atom stereocenters. The summed E-state index contributed by atoms with van der Waals surface area (Å²) in [4.78, 5) is 19.5. The largest absolute Gasteiger partial charge is 0.369 e. The Morgan fingerprint density at radius 3 is 2.33 bits per heavy atom. The average molecular weight is 330 g/mol. The molecule has 1 aromatic carbocycles. The van der Waals surface area contributed by atoms with E-state index >= 15 is 0 Å². The van der Waals surface area contributed by atoms with E-state index in [2.05, 4.69) is 41.1 Å². The third kappa shape index (κ3) is 4.08. The van der Waals surface area contributed by atoms with Crippen molar-refractivity contribution in [1.29, 1.82) is 0 Å². The first-order valence-corrected chi connectivity index (χ1v) is 9.24. The molecule has 3 rings (SSSR count). The maximum Gasteiger partial charge on any atom is 0.253 e. The maximum atomic E-state index is 12.6. The van der Waals surface area contributed by atoms with Gasteiger partial charge in [0.1, 0.15) is 0 Å². The second-order valence-corrected chi connectivity index (χ2v) is 7.06. The first-order valence-electron chi connectivity index (χ1n) is 9.24. The number of nitrogens with zero attached hydrogens (tertiary/aromatic N) is 3. The predicted molar refractivity (Wildman–Crippen MR) is 98.8 cm³/mol. The Balaban J connectivity index is 1.60. The number of anilines is 1. The zero-order valence-electron chi connectivity index (χ0n) is 15.0. The molecule has 2 fully saturated rings. The monoisotopic (exact) mass is 330 g/mol. The highest BCUT2D eigenvalue weighted by atomic mass is 16.2. The number of carbonyl (C=O) groups is 1. The van der Waals surface area contributed by atoms with Gasteiger partial charge in [0, 0.05) is 63.1 Å². The van der Waals surface area contributed by atoms with Crippen LogP contribution in [0.15, 0.2) is 24.3 Å². The van der Waals surface area contributed by atoms with Gasteiger partial charge in [-0.3, -0.25) is 9.69 Å². The van der Waals surface area contributed by atoms with E-state index in [-0.39, 0.29) is 5.91 Å². The van der Waals surface area contributed by atoms with Crippen molar-refractivity contribution >= 4 is 11.6 Å². The zero-order chi connectivity index (χ0) is 16.9. The van der Waals surface area contributed by atoms with Crippen LogP contribution in [0.25, 0.3) is 0 Å². The second-order valence-electron chi connectivity index (χ2n) is 7.06.